The standard InChI is InChI=1S/C23H24N4O4/c1-24-22(29)17-12-10-16(11-13-17)21-25-23(31-26-21)19-9-5-6-14-27(19)20(28)15-30-18-7-3-2-4-8-18/h2-4,7-8,10-13,19H,5-6,9,14-15H2,1H3,(H,24,29). The highest BCUT2D eigenvalue weighted by atomic mass is 16.5. The largest absolute Gasteiger partial charge is 0.484 e. The van der Waals surface area contributed by atoms with Gasteiger partial charge in [0.05, 0.1) is 0 Å². The van der Waals surface area contributed by atoms with E-state index in [1.807, 2.05) is 30.3 Å². The van der Waals surface area contributed by atoms with Crippen LogP contribution >= 0.6 is 0 Å². The van der Waals surface area contributed by atoms with Crippen molar-refractivity contribution in [1.82, 2.24) is 20.4 Å². The van der Waals surface area contributed by atoms with Gasteiger partial charge in [0.2, 0.25) is 11.7 Å². The fourth-order valence-electron chi connectivity index (χ4n) is 3.63. The highest BCUT2D eigenvalue weighted by molar-refractivity contribution is 5.94. The van der Waals surface area contributed by atoms with Crippen molar-refractivity contribution in [3.8, 4) is 17.1 Å². The fourth-order valence-corrected chi connectivity index (χ4v) is 3.63. The molecule has 1 atom stereocenters. The van der Waals surface area contributed by atoms with Crippen LogP contribution in [0.15, 0.2) is 59.1 Å². The molecule has 160 valence electrons. The minimum absolute atomic E-state index is 0.0392. The molecule has 0 spiro atoms. The maximum absolute atomic E-state index is 12.8. The van der Waals surface area contributed by atoms with Crippen LogP contribution < -0.4 is 10.1 Å². The second kappa shape index (κ2) is 9.42. The van der Waals surface area contributed by atoms with E-state index in [0.717, 1.165) is 24.8 Å². The highest BCUT2D eigenvalue weighted by Gasteiger charge is 2.32. The van der Waals surface area contributed by atoms with E-state index < -0.39 is 0 Å². The Morgan fingerprint density at radius 3 is 2.65 bits per heavy atom. The van der Waals surface area contributed by atoms with Crippen molar-refractivity contribution in [1.29, 1.82) is 0 Å². The molecule has 1 aromatic heterocycles. The molecular formula is C23H24N4O4. The van der Waals surface area contributed by atoms with Gasteiger partial charge in [0.1, 0.15) is 11.8 Å². The van der Waals surface area contributed by atoms with Crippen LogP contribution in [0.1, 0.15) is 41.6 Å². The molecule has 1 fully saturated rings. The lowest BCUT2D eigenvalue weighted by atomic mass is 10.0. The van der Waals surface area contributed by atoms with E-state index in [1.54, 1.807) is 36.2 Å². The number of hydrogen-bond donors (Lipinski definition) is 1. The third kappa shape index (κ3) is 4.74. The molecule has 0 saturated carbocycles. The summed E-state index contributed by atoms with van der Waals surface area (Å²) in [5, 5.41) is 6.68. The maximum Gasteiger partial charge on any atom is 0.261 e. The Bertz CT molecular complexity index is 1030. The molecule has 3 aromatic rings. The summed E-state index contributed by atoms with van der Waals surface area (Å²) < 4.78 is 11.2. The zero-order valence-corrected chi connectivity index (χ0v) is 17.3. The van der Waals surface area contributed by atoms with Crippen LogP contribution in [0.3, 0.4) is 0 Å². The number of piperidine rings is 1. The first-order valence-corrected chi connectivity index (χ1v) is 10.3. The average molecular weight is 420 g/mol. The molecule has 8 nitrogen and oxygen atoms in total. The SMILES string of the molecule is CNC(=O)c1ccc(-c2noc(C3CCCCN3C(=O)COc3ccccc3)n2)cc1. The lowest BCUT2D eigenvalue weighted by Crippen LogP contribution is -2.41. The van der Waals surface area contributed by atoms with Crippen molar-refractivity contribution in [2.75, 3.05) is 20.2 Å². The van der Waals surface area contributed by atoms with E-state index >= 15 is 0 Å². The topological polar surface area (TPSA) is 97.6 Å². The minimum Gasteiger partial charge on any atom is -0.484 e. The molecule has 4 rings (SSSR count). The highest BCUT2D eigenvalue weighted by Crippen LogP contribution is 2.31. The summed E-state index contributed by atoms with van der Waals surface area (Å²) in [6.45, 7) is 0.586. The normalized spacial score (nSPS) is 16.0. The Morgan fingerprint density at radius 1 is 1.13 bits per heavy atom. The first kappa shape index (κ1) is 20.6. The molecule has 1 aliphatic rings. The lowest BCUT2D eigenvalue weighted by molar-refractivity contribution is -0.138. The van der Waals surface area contributed by atoms with Gasteiger partial charge < -0.3 is 19.5 Å². The molecule has 31 heavy (non-hydrogen) atoms. The Labute approximate surface area is 180 Å². The van der Waals surface area contributed by atoms with E-state index in [0.29, 0.717) is 29.6 Å². The number of para-hydroxylation sites is 1. The average Bonchev–Trinajstić information content (AvgIpc) is 3.33. The molecule has 2 aromatic carbocycles. The molecule has 1 aliphatic heterocycles. The predicted octanol–water partition coefficient (Wildman–Crippen LogP) is 3.23. The minimum atomic E-state index is -0.271. The van der Waals surface area contributed by atoms with Gasteiger partial charge in [0, 0.05) is 24.7 Å². The number of aromatic nitrogens is 2. The van der Waals surface area contributed by atoms with E-state index in [4.69, 9.17) is 9.26 Å². The zero-order chi connectivity index (χ0) is 21.6. The Balaban J connectivity index is 1.46. The van der Waals surface area contributed by atoms with E-state index in [9.17, 15) is 9.59 Å². The number of hydrogen-bond acceptors (Lipinski definition) is 6. The molecule has 1 N–H and O–H groups in total. The predicted molar refractivity (Wildman–Crippen MR) is 113 cm³/mol. The monoisotopic (exact) mass is 420 g/mol. The fraction of sp³-hybridized carbons (Fsp3) is 0.304. The molecule has 1 unspecified atom stereocenters. The van der Waals surface area contributed by atoms with Crippen molar-refractivity contribution in [3.05, 3.63) is 66.1 Å². The quantitative estimate of drug-likeness (QED) is 0.658. The van der Waals surface area contributed by atoms with Crippen LogP contribution in [0.5, 0.6) is 5.75 Å². The summed E-state index contributed by atoms with van der Waals surface area (Å²) in [4.78, 5) is 30.8. The van der Waals surface area contributed by atoms with Crippen LogP contribution in [-0.2, 0) is 4.79 Å². The second-order valence-electron chi connectivity index (χ2n) is 7.31. The third-order valence-corrected chi connectivity index (χ3v) is 5.29. The van der Waals surface area contributed by atoms with Crippen molar-refractivity contribution < 1.29 is 18.8 Å². The lowest BCUT2D eigenvalue weighted by Gasteiger charge is -2.33. The summed E-state index contributed by atoms with van der Waals surface area (Å²) in [5.41, 5.74) is 1.29. The molecule has 0 aliphatic carbocycles. The van der Waals surface area contributed by atoms with E-state index in [1.165, 1.54) is 0 Å². The molecular weight excluding hydrogens is 396 g/mol. The van der Waals surface area contributed by atoms with Gasteiger partial charge in [0.25, 0.3) is 11.8 Å². The molecule has 8 heteroatoms. The van der Waals surface area contributed by atoms with Crippen molar-refractivity contribution >= 4 is 11.8 Å². The number of nitrogens with one attached hydrogen (secondary N) is 1. The van der Waals surface area contributed by atoms with Crippen LogP contribution in [0.25, 0.3) is 11.4 Å². The first-order valence-electron chi connectivity index (χ1n) is 10.3. The molecule has 0 radical (unpaired) electrons. The number of ether oxygens (including phenoxy) is 1. The van der Waals surface area contributed by atoms with Crippen LogP contribution in [0, 0.1) is 0 Å². The van der Waals surface area contributed by atoms with Gasteiger partial charge in [-0.3, -0.25) is 9.59 Å². The Hall–Kier alpha value is -3.68. The summed E-state index contributed by atoms with van der Waals surface area (Å²) in [7, 11) is 1.59. The van der Waals surface area contributed by atoms with Gasteiger partial charge in [-0.25, -0.2) is 0 Å². The Kier molecular flexibility index (Phi) is 6.26. The van der Waals surface area contributed by atoms with Gasteiger partial charge in [-0.1, -0.05) is 35.5 Å². The van der Waals surface area contributed by atoms with Gasteiger partial charge in [-0.2, -0.15) is 4.98 Å². The molecule has 2 heterocycles. The number of nitrogens with zero attached hydrogens (tertiary/aromatic N) is 3. The smallest absolute Gasteiger partial charge is 0.261 e. The van der Waals surface area contributed by atoms with Crippen molar-refractivity contribution in [2.24, 2.45) is 0 Å². The van der Waals surface area contributed by atoms with Crippen molar-refractivity contribution in [3.63, 3.8) is 0 Å². The Morgan fingerprint density at radius 2 is 1.90 bits per heavy atom. The van der Waals surface area contributed by atoms with Crippen LogP contribution in [-0.4, -0.2) is 47.1 Å². The molecule has 1 saturated heterocycles. The number of rotatable bonds is 6. The number of carbonyl (C=O) groups excluding carboxylic acids is 2. The molecule has 0 bridgehead atoms. The number of likely N-dealkylation sites (tertiary alicyclic amines) is 1. The van der Waals surface area contributed by atoms with Crippen LogP contribution in [0.2, 0.25) is 0 Å². The van der Waals surface area contributed by atoms with Gasteiger partial charge >= 0.3 is 0 Å². The van der Waals surface area contributed by atoms with Crippen LogP contribution in [0.4, 0.5) is 0 Å². The van der Waals surface area contributed by atoms with E-state index in [2.05, 4.69) is 15.5 Å². The summed E-state index contributed by atoms with van der Waals surface area (Å²) >= 11 is 0. The number of carbonyl (C=O) groups is 2. The maximum atomic E-state index is 12.8. The number of benzene rings is 2. The summed E-state index contributed by atoms with van der Waals surface area (Å²) in [6.07, 6.45) is 2.66. The third-order valence-electron chi connectivity index (χ3n) is 5.29. The zero-order valence-electron chi connectivity index (χ0n) is 17.3. The summed E-state index contributed by atoms with van der Waals surface area (Å²) in [5.74, 6) is 1.23. The molecule has 2 amide bonds. The first-order chi connectivity index (χ1) is 15.2. The summed E-state index contributed by atoms with van der Waals surface area (Å²) in [6, 6.07) is 16.0. The van der Waals surface area contributed by atoms with Crippen molar-refractivity contribution in [2.45, 2.75) is 25.3 Å². The number of amides is 2. The van der Waals surface area contributed by atoms with Gasteiger partial charge in [-0.15, -0.1) is 0 Å². The van der Waals surface area contributed by atoms with Gasteiger partial charge in [0.15, 0.2) is 6.61 Å². The van der Waals surface area contributed by atoms with E-state index in [-0.39, 0.29) is 24.5 Å². The second-order valence-corrected chi connectivity index (χ2v) is 7.31. The van der Waals surface area contributed by atoms with Gasteiger partial charge in [-0.05, 0) is 43.5 Å².